The Morgan fingerprint density at radius 2 is 2.13 bits per heavy atom. The minimum absolute atomic E-state index is 0.117. The fourth-order valence-electron chi connectivity index (χ4n) is 1.28. The highest BCUT2D eigenvalue weighted by molar-refractivity contribution is 5.66. The van der Waals surface area contributed by atoms with Crippen LogP contribution in [0.25, 0.3) is 0 Å². The molecule has 5 heteroatoms. The Morgan fingerprint density at radius 1 is 1.47 bits per heavy atom. The van der Waals surface area contributed by atoms with Gasteiger partial charge in [0.25, 0.3) is 0 Å². The van der Waals surface area contributed by atoms with Crippen LogP contribution in [0.4, 0.5) is 0 Å². The van der Waals surface area contributed by atoms with E-state index in [-0.39, 0.29) is 18.7 Å². The molecule has 5 nitrogen and oxygen atoms in total. The molecular weight excluding hydrogens is 200 g/mol. The number of carbonyl (C=O) groups excluding carboxylic acids is 2. The van der Waals surface area contributed by atoms with Crippen LogP contribution >= 0.6 is 0 Å². The molecule has 1 heterocycles. The maximum absolute atomic E-state index is 10.7. The fourth-order valence-corrected chi connectivity index (χ4v) is 1.28. The molecule has 2 unspecified atom stereocenters. The van der Waals surface area contributed by atoms with Crippen LogP contribution in [-0.2, 0) is 23.8 Å². The molecule has 0 bridgehead atoms. The molecule has 0 aromatic carbocycles. The summed E-state index contributed by atoms with van der Waals surface area (Å²) in [6.07, 6.45) is -0.528. The van der Waals surface area contributed by atoms with E-state index in [1.165, 1.54) is 13.8 Å². The predicted octanol–water partition coefficient (Wildman–Crippen LogP) is 0.784. The largest absolute Gasteiger partial charge is 0.463 e. The second kappa shape index (κ2) is 4.93. The molecule has 1 rings (SSSR count). The van der Waals surface area contributed by atoms with E-state index in [1.54, 1.807) is 0 Å². The van der Waals surface area contributed by atoms with Gasteiger partial charge in [0.05, 0.1) is 0 Å². The molecular formula is C10H14O5. The second-order valence-electron chi connectivity index (χ2n) is 3.33. The third-order valence-electron chi connectivity index (χ3n) is 1.94. The molecule has 0 N–H and O–H groups in total. The van der Waals surface area contributed by atoms with Gasteiger partial charge in [0.1, 0.15) is 12.7 Å². The van der Waals surface area contributed by atoms with E-state index in [4.69, 9.17) is 14.2 Å². The van der Waals surface area contributed by atoms with Crippen molar-refractivity contribution in [1.82, 2.24) is 0 Å². The van der Waals surface area contributed by atoms with Crippen molar-refractivity contribution in [3.05, 3.63) is 12.2 Å². The zero-order valence-electron chi connectivity index (χ0n) is 8.82. The predicted molar refractivity (Wildman–Crippen MR) is 50.8 cm³/mol. The number of ether oxygens (including phenoxy) is 3. The smallest absolute Gasteiger partial charge is 0.304 e. The SMILES string of the molecule is C=C1CC(OC(C)=O)OC1COC(C)=O. The highest BCUT2D eigenvalue weighted by Gasteiger charge is 2.31. The fraction of sp³-hybridized carbons (Fsp3) is 0.600. The lowest BCUT2D eigenvalue weighted by atomic mass is 10.1. The Morgan fingerprint density at radius 3 is 2.67 bits per heavy atom. The number of rotatable bonds is 3. The Kier molecular flexibility index (Phi) is 3.85. The maximum atomic E-state index is 10.7. The van der Waals surface area contributed by atoms with Crippen molar-refractivity contribution in [2.75, 3.05) is 6.61 Å². The molecule has 0 aromatic heterocycles. The van der Waals surface area contributed by atoms with Gasteiger partial charge in [0, 0.05) is 20.3 Å². The van der Waals surface area contributed by atoms with E-state index in [0.29, 0.717) is 6.42 Å². The van der Waals surface area contributed by atoms with E-state index in [2.05, 4.69) is 6.58 Å². The van der Waals surface area contributed by atoms with Crippen LogP contribution in [0, 0.1) is 0 Å². The van der Waals surface area contributed by atoms with Gasteiger partial charge in [-0.1, -0.05) is 6.58 Å². The zero-order valence-corrected chi connectivity index (χ0v) is 8.82. The summed E-state index contributed by atoms with van der Waals surface area (Å²) in [4.78, 5) is 21.2. The van der Waals surface area contributed by atoms with Crippen LogP contribution in [0.5, 0.6) is 0 Å². The van der Waals surface area contributed by atoms with Gasteiger partial charge < -0.3 is 14.2 Å². The zero-order chi connectivity index (χ0) is 11.4. The van der Waals surface area contributed by atoms with Crippen molar-refractivity contribution < 1.29 is 23.8 Å². The van der Waals surface area contributed by atoms with Gasteiger partial charge in [-0.25, -0.2) is 0 Å². The first-order valence-corrected chi connectivity index (χ1v) is 4.62. The van der Waals surface area contributed by atoms with E-state index in [1.807, 2.05) is 0 Å². The lowest BCUT2D eigenvalue weighted by Gasteiger charge is -2.12. The molecule has 0 radical (unpaired) electrons. The first-order valence-electron chi connectivity index (χ1n) is 4.62. The highest BCUT2D eigenvalue weighted by Crippen LogP contribution is 2.25. The maximum Gasteiger partial charge on any atom is 0.304 e. The first-order chi connectivity index (χ1) is 6.99. The summed E-state index contributed by atoms with van der Waals surface area (Å²) in [6, 6.07) is 0. The van der Waals surface area contributed by atoms with Gasteiger partial charge in [-0.15, -0.1) is 0 Å². The van der Waals surface area contributed by atoms with E-state index in [9.17, 15) is 9.59 Å². The second-order valence-corrected chi connectivity index (χ2v) is 3.33. The number of hydrogen-bond donors (Lipinski definition) is 0. The molecule has 0 amide bonds. The van der Waals surface area contributed by atoms with Crippen LogP contribution in [0.1, 0.15) is 20.3 Å². The summed E-state index contributed by atoms with van der Waals surface area (Å²) in [6.45, 7) is 6.51. The third kappa shape index (κ3) is 3.71. The Balaban J connectivity index is 2.39. The summed E-state index contributed by atoms with van der Waals surface area (Å²) in [7, 11) is 0. The van der Waals surface area contributed by atoms with Gasteiger partial charge in [0.2, 0.25) is 6.29 Å². The number of carbonyl (C=O) groups is 2. The number of esters is 2. The van der Waals surface area contributed by atoms with Crippen molar-refractivity contribution in [1.29, 1.82) is 0 Å². The average Bonchev–Trinajstić information content (AvgIpc) is 2.41. The van der Waals surface area contributed by atoms with Crippen LogP contribution in [0.15, 0.2) is 12.2 Å². The van der Waals surface area contributed by atoms with Gasteiger partial charge in [0.15, 0.2) is 0 Å². The lowest BCUT2D eigenvalue weighted by Crippen LogP contribution is -2.21. The molecule has 0 spiro atoms. The quantitative estimate of drug-likeness (QED) is 0.513. The Labute approximate surface area is 88.0 Å². The van der Waals surface area contributed by atoms with Gasteiger partial charge in [-0.2, -0.15) is 0 Å². The molecule has 15 heavy (non-hydrogen) atoms. The van der Waals surface area contributed by atoms with Crippen molar-refractivity contribution in [3.8, 4) is 0 Å². The topological polar surface area (TPSA) is 61.8 Å². The molecule has 2 atom stereocenters. The molecule has 0 aromatic rings. The Hall–Kier alpha value is -1.36. The highest BCUT2D eigenvalue weighted by atomic mass is 16.7. The van der Waals surface area contributed by atoms with Crippen LogP contribution < -0.4 is 0 Å². The lowest BCUT2D eigenvalue weighted by molar-refractivity contribution is -0.177. The molecule has 0 aliphatic carbocycles. The van der Waals surface area contributed by atoms with E-state index in [0.717, 1.165) is 5.57 Å². The monoisotopic (exact) mass is 214 g/mol. The Bertz CT molecular complexity index is 284. The molecule has 1 aliphatic heterocycles. The van der Waals surface area contributed by atoms with Gasteiger partial charge >= 0.3 is 11.9 Å². The summed E-state index contributed by atoms with van der Waals surface area (Å²) in [5.74, 6) is -0.775. The number of hydrogen-bond acceptors (Lipinski definition) is 5. The average molecular weight is 214 g/mol. The summed E-state index contributed by atoms with van der Waals surface area (Å²) in [5, 5.41) is 0. The molecule has 1 fully saturated rings. The first kappa shape index (κ1) is 11.7. The van der Waals surface area contributed by atoms with Gasteiger partial charge in [-0.05, 0) is 5.57 Å². The van der Waals surface area contributed by atoms with E-state index >= 15 is 0 Å². The molecule has 84 valence electrons. The van der Waals surface area contributed by atoms with Crippen LogP contribution in [-0.4, -0.2) is 30.9 Å². The minimum Gasteiger partial charge on any atom is -0.463 e. The molecule has 0 saturated carbocycles. The minimum atomic E-state index is -0.601. The third-order valence-corrected chi connectivity index (χ3v) is 1.94. The molecule has 1 aliphatic rings. The normalized spacial score (nSPS) is 25.1. The van der Waals surface area contributed by atoms with Crippen molar-refractivity contribution in [2.45, 2.75) is 32.7 Å². The van der Waals surface area contributed by atoms with Crippen molar-refractivity contribution in [3.63, 3.8) is 0 Å². The van der Waals surface area contributed by atoms with E-state index < -0.39 is 12.3 Å². The summed E-state index contributed by atoms with van der Waals surface area (Å²) >= 11 is 0. The summed E-state index contributed by atoms with van der Waals surface area (Å²) in [5.41, 5.74) is 0.766. The summed E-state index contributed by atoms with van der Waals surface area (Å²) < 4.78 is 15.0. The van der Waals surface area contributed by atoms with Gasteiger partial charge in [-0.3, -0.25) is 9.59 Å². The van der Waals surface area contributed by atoms with Crippen molar-refractivity contribution >= 4 is 11.9 Å². The standard InChI is InChI=1S/C10H14O5/c1-6-4-10(14-8(3)12)15-9(6)5-13-7(2)11/h9-10H,1,4-5H2,2-3H3. The molecule has 1 saturated heterocycles. The van der Waals surface area contributed by atoms with Crippen LogP contribution in [0.3, 0.4) is 0 Å². The van der Waals surface area contributed by atoms with Crippen LogP contribution in [0.2, 0.25) is 0 Å². The van der Waals surface area contributed by atoms with Crippen molar-refractivity contribution in [2.24, 2.45) is 0 Å².